The van der Waals surface area contributed by atoms with Crippen molar-refractivity contribution in [1.82, 2.24) is 4.98 Å². The SMILES string of the molecule is CC(C)Cc1cc(=O)c2cc(N3CCCCC3)ccc2[nH]1. The van der Waals surface area contributed by atoms with E-state index >= 15 is 0 Å². The predicted molar refractivity (Wildman–Crippen MR) is 89.2 cm³/mol. The van der Waals surface area contributed by atoms with Crippen LogP contribution in [0.1, 0.15) is 38.8 Å². The fraction of sp³-hybridized carbons (Fsp3) is 0.500. The van der Waals surface area contributed by atoms with Crippen molar-refractivity contribution in [2.45, 2.75) is 39.5 Å². The Bertz CT molecular complexity index is 681. The fourth-order valence-corrected chi connectivity index (χ4v) is 3.19. The number of aromatic amines is 1. The van der Waals surface area contributed by atoms with E-state index in [1.807, 2.05) is 0 Å². The van der Waals surface area contributed by atoms with Crippen molar-refractivity contribution in [1.29, 1.82) is 0 Å². The average Bonchev–Trinajstić information content (AvgIpc) is 2.47. The third-order valence-corrected chi connectivity index (χ3v) is 4.22. The smallest absolute Gasteiger partial charge is 0.189 e. The third kappa shape index (κ3) is 3.12. The quantitative estimate of drug-likeness (QED) is 0.932. The number of fused-ring (bicyclic) bond motifs is 1. The zero-order valence-electron chi connectivity index (χ0n) is 13.0. The Morgan fingerprint density at radius 3 is 2.62 bits per heavy atom. The molecular formula is C18H24N2O. The molecule has 0 amide bonds. The summed E-state index contributed by atoms with van der Waals surface area (Å²) in [5, 5.41) is 0.811. The summed E-state index contributed by atoms with van der Waals surface area (Å²) in [6, 6.07) is 8.02. The van der Waals surface area contributed by atoms with E-state index in [2.05, 4.69) is 41.9 Å². The molecule has 1 aromatic carbocycles. The minimum Gasteiger partial charge on any atom is -0.372 e. The van der Waals surface area contributed by atoms with Crippen LogP contribution in [-0.4, -0.2) is 18.1 Å². The van der Waals surface area contributed by atoms with Crippen LogP contribution in [0.25, 0.3) is 10.9 Å². The Morgan fingerprint density at radius 2 is 1.90 bits per heavy atom. The highest BCUT2D eigenvalue weighted by molar-refractivity contribution is 5.82. The normalized spacial score (nSPS) is 15.9. The van der Waals surface area contributed by atoms with E-state index in [4.69, 9.17) is 0 Å². The van der Waals surface area contributed by atoms with Gasteiger partial charge in [-0.25, -0.2) is 0 Å². The van der Waals surface area contributed by atoms with Gasteiger partial charge >= 0.3 is 0 Å². The number of nitrogens with one attached hydrogen (secondary N) is 1. The average molecular weight is 284 g/mol. The van der Waals surface area contributed by atoms with E-state index in [0.717, 1.165) is 36.1 Å². The lowest BCUT2D eigenvalue weighted by atomic mass is 10.1. The molecule has 1 N–H and O–H groups in total. The molecule has 0 aliphatic carbocycles. The molecule has 1 aliphatic heterocycles. The van der Waals surface area contributed by atoms with Crippen LogP contribution in [0.15, 0.2) is 29.1 Å². The van der Waals surface area contributed by atoms with Crippen LogP contribution < -0.4 is 10.3 Å². The second-order valence-electron chi connectivity index (χ2n) is 6.53. The van der Waals surface area contributed by atoms with E-state index < -0.39 is 0 Å². The summed E-state index contributed by atoms with van der Waals surface area (Å²) in [5.41, 5.74) is 3.31. The maximum absolute atomic E-state index is 12.4. The number of aromatic nitrogens is 1. The number of hydrogen-bond acceptors (Lipinski definition) is 2. The van der Waals surface area contributed by atoms with Crippen molar-refractivity contribution in [2.24, 2.45) is 5.92 Å². The van der Waals surface area contributed by atoms with Gasteiger partial charge in [0.05, 0.1) is 0 Å². The lowest BCUT2D eigenvalue weighted by Crippen LogP contribution is -2.29. The summed E-state index contributed by atoms with van der Waals surface area (Å²) in [5.74, 6) is 0.547. The Labute approximate surface area is 126 Å². The molecule has 21 heavy (non-hydrogen) atoms. The molecule has 1 saturated heterocycles. The number of benzene rings is 1. The highest BCUT2D eigenvalue weighted by Crippen LogP contribution is 2.23. The molecule has 0 atom stereocenters. The largest absolute Gasteiger partial charge is 0.372 e. The van der Waals surface area contributed by atoms with Gasteiger partial charge in [-0.05, 0) is 49.8 Å². The van der Waals surface area contributed by atoms with Crippen LogP contribution in [0.4, 0.5) is 5.69 Å². The van der Waals surface area contributed by atoms with Crippen LogP contribution in [-0.2, 0) is 6.42 Å². The van der Waals surface area contributed by atoms with Crippen LogP contribution in [0.3, 0.4) is 0 Å². The van der Waals surface area contributed by atoms with Crippen molar-refractivity contribution in [3.05, 3.63) is 40.2 Å². The maximum atomic E-state index is 12.4. The molecule has 0 spiro atoms. The molecule has 1 fully saturated rings. The van der Waals surface area contributed by atoms with E-state index in [1.54, 1.807) is 6.07 Å². The van der Waals surface area contributed by atoms with Gasteiger partial charge in [0.1, 0.15) is 0 Å². The van der Waals surface area contributed by atoms with Crippen LogP contribution >= 0.6 is 0 Å². The second kappa shape index (κ2) is 5.92. The molecule has 1 aromatic heterocycles. The van der Waals surface area contributed by atoms with Crippen molar-refractivity contribution in [3.8, 4) is 0 Å². The van der Waals surface area contributed by atoms with Gasteiger partial charge in [-0.1, -0.05) is 13.8 Å². The first-order chi connectivity index (χ1) is 10.1. The number of pyridine rings is 1. The topological polar surface area (TPSA) is 36.1 Å². The van der Waals surface area contributed by atoms with Gasteiger partial charge in [-0.2, -0.15) is 0 Å². The Hall–Kier alpha value is -1.77. The molecule has 0 bridgehead atoms. The maximum Gasteiger partial charge on any atom is 0.189 e. The monoisotopic (exact) mass is 284 g/mol. The Balaban J connectivity index is 1.98. The van der Waals surface area contributed by atoms with E-state index in [0.29, 0.717) is 5.92 Å². The van der Waals surface area contributed by atoms with Gasteiger partial charge in [-0.3, -0.25) is 4.79 Å². The lowest BCUT2D eigenvalue weighted by molar-refractivity contribution is 0.578. The van der Waals surface area contributed by atoms with E-state index in [1.165, 1.54) is 24.9 Å². The highest BCUT2D eigenvalue weighted by atomic mass is 16.1. The Morgan fingerprint density at radius 1 is 1.14 bits per heavy atom. The second-order valence-corrected chi connectivity index (χ2v) is 6.53. The van der Waals surface area contributed by atoms with Crippen LogP contribution in [0.2, 0.25) is 0 Å². The molecular weight excluding hydrogens is 260 g/mol. The van der Waals surface area contributed by atoms with Gasteiger partial charge in [0, 0.05) is 41.4 Å². The summed E-state index contributed by atoms with van der Waals surface area (Å²) < 4.78 is 0. The van der Waals surface area contributed by atoms with Gasteiger partial charge in [-0.15, -0.1) is 0 Å². The number of hydrogen-bond donors (Lipinski definition) is 1. The van der Waals surface area contributed by atoms with Crippen molar-refractivity contribution >= 4 is 16.6 Å². The van der Waals surface area contributed by atoms with Gasteiger partial charge in [0.2, 0.25) is 0 Å². The predicted octanol–water partition coefficient (Wildman–Crippen LogP) is 3.72. The minimum atomic E-state index is 0.137. The summed E-state index contributed by atoms with van der Waals surface area (Å²) >= 11 is 0. The summed E-state index contributed by atoms with van der Waals surface area (Å²) in [6.45, 7) is 6.55. The first-order valence-electron chi connectivity index (χ1n) is 8.04. The van der Waals surface area contributed by atoms with Crippen molar-refractivity contribution in [3.63, 3.8) is 0 Å². The fourth-order valence-electron chi connectivity index (χ4n) is 3.19. The van der Waals surface area contributed by atoms with Crippen LogP contribution in [0.5, 0.6) is 0 Å². The molecule has 0 unspecified atom stereocenters. The zero-order valence-corrected chi connectivity index (χ0v) is 13.0. The molecule has 0 saturated carbocycles. The van der Waals surface area contributed by atoms with Gasteiger partial charge in [0.25, 0.3) is 0 Å². The van der Waals surface area contributed by atoms with Crippen molar-refractivity contribution in [2.75, 3.05) is 18.0 Å². The van der Waals surface area contributed by atoms with E-state index in [9.17, 15) is 4.79 Å². The molecule has 2 aromatic rings. The van der Waals surface area contributed by atoms with Gasteiger partial charge < -0.3 is 9.88 Å². The minimum absolute atomic E-state index is 0.137. The molecule has 3 heteroatoms. The molecule has 3 nitrogen and oxygen atoms in total. The first kappa shape index (κ1) is 14.2. The van der Waals surface area contributed by atoms with E-state index in [-0.39, 0.29) is 5.43 Å². The number of anilines is 1. The van der Waals surface area contributed by atoms with Gasteiger partial charge in [0.15, 0.2) is 5.43 Å². The highest BCUT2D eigenvalue weighted by Gasteiger charge is 2.12. The third-order valence-electron chi connectivity index (χ3n) is 4.22. The standard InChI is InChI=1S/C18H24N2O/c1-13(2)10-14-11-18(21)16-12-15(6-7-17(16)19-14)20-8-4-3-5-9-20/h6-7,11-13H,3-5,8-10H2,1-2H3,(H,19,21). The number of H-pyrrole nitrogens is 1. The number of piperidine rings is 1. The summed E-state index contributed by atoms with van der Waals surface area (Å²) in [7, 11) is 0. The molecule has 0 radical (unpaired) electrons. The number of nitrogens with zero attached hydrogens (tertiary/aromatic N) is 1. The summed E-state index contributed by atoms with van der Waals surface area (Å²) in [6.07, 6.45) is 4.74. The zero-order chi connectivity index (χ0) is 14.8. The Kier molecular flexibility index (Phi) is 4.00. The molecule has 112 valence electrons. The molecule has 3 rings (SSSR count). The number of rotatable bonds is 3. The first-order valence-corrected chi connectivity index (χ1v) is 8.04. The lowest BCUT2D eigenvalue weighted by Gasteiger charge is -2.29. The van der Waals surface area contributed by atoms with Crippen LogP contribution in [0, 0.1) is 5.92 Å². The molecule has 2 heterocycles. The summed E-state index contributed by atoms with van der Waals surface area (Å²) in [4.78, 5) is 18.2. The molecule has 1 aliphatic rings. The van der Waals surface area contributed by atoms with Crippen molar-refractivity contribution < 1.29 is 0 Å².